The third kappa shape index (κ3) is 3.32. The maximum atomic E-state index is 13.2. The van der Waals surface area contributed by atoms with E-state index in [0.717, 1.165) is 12.3 Å². The number of rotatable bonds is 3. The van der Waals surface area contributed by atoms with Gasteiger partial charge in [-0.3, -0.25) is 15.1 Å². The van der Waals surface area contributed by atoms with Gasteiger partial charge in [0.25, 0.3) is 5.69 Å². The normalized spacial score (nSPS) is 11.5. The second-order valence-corrected chi connectivity index (χ2v) is 5.09. The first kappa shape index (κ1) is 16.6. The largest absolute Gasteiger partial charge is 0.417 e. The van der Waals surface area contributed by atoms with E-state index in [9.17, 15) is 23.3 Å². The molecule has 0 aliphatic heterocycles. The van der Waals surface area contributed by atoms with Crippen molar-refractivity contribution in [3.63, 3.8) is 0 Å². The number of benzene rings is 1. The van der Waals surface area contributed by atoms with Gasteiger partial charge in [-0.15, -0.1) is 10.2 Å². The second-order valence-electron chi connectivity index (χ2n) is 5.09. The van der Waals surface area contributed by atoms with Crippen molar-refractivity contribution in [2.24, 2.45) is 0 Å². The smallest absolute Gasteiger partial charge is 0.416 e. The lowest BCUT2D eigenvalue weighted by Crippen LogP contribution is -2.08. The number of alkyl halides is 3. The summed E-state index contributed by atoms with van der Waals surface area (Å²) >= 11 is 0. The lowest BCUT2D eigenvalue weighted by atomic mass is 10.1. The number of hydrogen-bond acceptors (Lipinski definition) is 6. The minimum atomic E-state index is -4.62. The van der Waals surface area contributed by atoms with Gasteiger partial charge in [-0.1, -0.05) is 6.07 Å². The first-order valence-corrected chi connectivity index (χ1v) is 6.88. The number of nitro benzene ring substituents is 1. The zero-order chi connectivity index (χ0) is 18.2. The molecule has 1 aromatic carbocycles. The van der Waals surface area contributed by atoms with Crippen molar-refractivity contribution in [2.45, 2.75) is 13.1 Å². The summed E-state index contributed by atoms with van der Waals surface area (Å²) in [5, 5.41) is 18.1. The number of aromatic nitrogens is 3. The number of non-ortho nitro benzene ring substituents is 1. The molecule has 2 aromatic heterocycles. The van der Waals surface area contributed by atoms with E-state index in [1.54, 1.807) is 0 Å². The Bertz CT molecular complexity index is 953. The summed E-state index contributed by atoms with van der Waals surface area (Å²) in [6.07, 6.45) is -3.62. The van der Waals surface area contributed by atoms with Gasteiger partial charge >= 0.3 is 6.18 Å². The molecule has 3 rings (SSSR count). The summed E-state index contributed by atoms with van der Waals surface area (Å²) in [5.41, 5.74) is -1.10. The fourth-order valence-corrected chi connectivity index (χ4v) is 2.17. The molecule has 0 amide bonds. The van der Waals surface area contributed by atoms with Crippen molar-refractivity contribution in [2.75, 3.05) is 0 Å². The number of halogens is 3. The van der Waals surface area contributed by atoms with Crippen molar-refractivity contribution in [1.29, 1.82) is 0 Å². The maximum absolute atomic E-state index is 13.2. The van der Waals surface area contributed by atoms with E-state index < -0.39 is 16.7 Å². The molecule has 0 spiro atoms. The van der Waals surface area contributed by atoms with E-state index in [4.69, 9.17) is 4.42 Å². The third-order valence-electron chi connectivity index (χ3n) is 3.31. The summed E-state index contributed by atoms with van der Waals surface area (Å²) in [7, 11) is 0. The van der Waals surface area contributed by atoms with Crippen LogP contribution in [0.5, 0.6) is 0 Å². The summed E-state index contributed by atoms with van der Waals surface area (Å²) < 4.78 is 44.9. The lowest BCUT2D eigenvalue weighted by molar-refractivity contribution is -0.384. The van der Waals surface area contributed by atoms with Crippen LogP contribution in [0.15, 0.2) is 40.9 Å². The molecule has 0 atom stereocenters. The molecule has 2 heterocycles. The Morgan fingerprint density at radius 3 is 2.56 bits per heavy atom. The highest BCUT2D eigenvalue weighted by atomic mass is 19.4. The Morgan fingerprint density at radius 1 is 1.16 bits per heavy atom. The van der Waals surface area contributed by atoms with Crippen molar-refractivity contribution in [1.82, 2.24) is 15.2 Å². The summed E-state index contributed by atoms with van der Waals surface area (Å²) in [4.78, 5) is 14.0. The maximum Gasteiger partial charge on any atom is 0.417 e. The quantitative estimate of drug-likeness (QED) is 0.523. The second kappa shape index (κ2) is 5.96. The zero-order valence-corrected chi connectivity index (χ0v) is 12.6. The van der Waals surface area contributed by atoms with Crippen LogP contribution in [0.25, 0.3) is 22.9 Å². The van der Waals surface area contributed by atoms with Gasteiger partial charge in [-0.05, 0) is 19.1 Å². The topological polar surface area (TPSA) is 95.0 Å². The fourth-order valence-electron chi connectivity index (χ4n) is 2.17. The first-order chi connectivity index (χ1) is 11.8. The molecule has 0 saturated heterocycles. The van der Waals surface area contributed by atoms with Crippen LogP contribution in [0.3, 0.4) is 0 Å². The molecule has 0 bridgehead atoms. The van der Waals surface area contributed by atoms with Crippen molar-refractivity contribution in [3.05, 3.63) is 57.9 Å². The number of pyridine rings is 1. The fraction of sp³-hybridized carbons (Fsp3) is 0.133. The average molecular weight is 350 g/mol. The van der Waals surface area contributed by atoms with E-state index in [0.29, 0.717) is 0 Å². The Balaban J connectivity index is 2.06. The molecule has 128 valence electrons. The Kier molecular flexibility index (Phi) is 3.95. The van der Waals surface area contributed by atoms with Gasteiger partial charge in [-0.2, -0.15) is 13.2 Å². The standard InChI is InChI=1S/C15H9F3N4O3/c1-8-5-12(15(16,17)18)11(7-19-8)14-21-20-13(25-14)9-3-2-4-10(6-9)22(23)24/h2-7H,1H3. The van der Waals surface area contributed by atoms with Crippen LogP contribution in [0.4, 0.5) is 18.9 Å². The van der Waals surface area contributed by atoms with Gasteiger partial charge in [0.05, 0.1) is 16.1 Å². The predicted octanol–water partition coefficient (Wildman–Crippen LogP) is 4.03. The average Bonchev–Trinajstić information content (AvgIpc) is 3.04. The third-order valence-corrected chi connectivity index (χ3v) is 3.31. The van der Waals surface area contributed by atoms with Gasteiger partial charge < -0.3 is 4.42 Å². The Hall–Kier alpha value is -3.30. The van der Waals surface area contributed by atoms with Gasteiger partial charge in [0.2, 0.25) is 11.8 Å². The summed E-state index contributed by atoms with van der Waals surface area (Å²) in [5.74, 6) is -0.506. The molecule has 10 heteroatoms. The summed E-state index contributed by atoms with van der Waals surface area (Å²) in [6, 6.07) is 6.22. The van der Waals surface area contributed by atoms with Crippen LogP contribution in [0.2, 0.25) is 0 Å². The van der Waals surface area contributed by atoms with Crippen molar-refractivity contribution >= 4 is 5.69 Å². The van der Waals surface area contributed by atoms with Crippen LogP contribution >= 0.6 is 0 Å². The lowest BCUT2D eigenvalue weighted by Gasteiger charge is -2.10. The van der Waals surface area contributed by atoms with Crippen LogP contribution in [-0.4, -0.2) is 20.1 Å². The van der Waals surface area contributed by atoms with Crippen molar-refractivity contribution < 1.29 is 22.5 Å². The Morgan fingerprint density at radius 2 is 1.88 bits per heavy atom. The molecule has 3 aromatic rings. The van der Waals surface area contributed by atoms with E-state index in [1.165, 1.54) is 31.2 Å². The molecule has 0 aliphatic rings. The van der Waals surface area contributed by atoms with Gasteiger partial charge in [0.1, 0.15) is 0 Å². The monoisotopic (exact) mass is 350 g/mol. The molecule has 0 N–H and O–H groups in total. The SMILES string of the molecule is Cc1cc(C(F)(F)F)c(-c2nnc(-c3cccc([N+](=O)[O-])c3)o2)cn1. The highest BCUT2D eigenvalue weighted by molar-refractivity contribution is 5.62. The minimum Gasteiger partial charge on any atom is -0.416 e. The van der Waals surface area contributed by atoms with Crippen LogP contribution in [-0.2, 0) is 6.18 Å². The molecule has 0 aliphatic carbocycles. The number of aryl methyl sites for hydroxylation is 1. The molecule has 25 heavy (non-hydrogen) atoms. The van der Waals surface area contributed by atoms with E-state index >= 15 is 0 Å². The van der Waals surface area contributed by atoms with Crippen LogP contribution in [0, 0.1) is 17.0 Å². The molecule has 0 fully saturated rings. The van der Waals surface area contributed by atoms with Gasteiger partial charge in [-0.25, -0.2) is 0 Å². The predicted molar refractivity (Wildman–Crippen MR) is 79.4 cm³/mol. The first-order valence-electron chi connectivity index (χ1n) is 6.88. The zero-order valence-electron chi connectivity index (χ0n) is 12.6. The molecule has 0 radical (unpaired) electrons. The summed E-state index contributed by atoms with van der Waals surface area (Å²) in [6.45, 7) is 1.43. The van der Waals surface area contributed by atoms with Gasteiger partial charge in [0, 0.05) is 29.6 Å². The molecule has 0 saturated carbocycles. The van der Waals surface area contributed by atoms with E-state index in [2.05, 4.69) is 15.2 Å². The van der Waals surface area contributed by atoms with E-state index in [1.807, 2.05) is 0 Å². The van der Waals surface area contributed by atoms with E-state index in [-0.39, 0.29) is 34.3 Å². The van der Waals surface area contributed by atoms with Crippen LogP contribution in [0.1, 0.15) is 11.3 Å². The number of nitrogens with zero attached hydrogens (tertiary/aromatic N) is 4. The van der Waals surface area contributed by atoms with Crippen LogP contribution < -0.4 is 0 Å². The number of hydrogen-bond donors (Lipinski definition) is 0. The number of nitro groups is 1. The highest BCUT2D eigenvalue weighted by Crippen LogP contribution is 2.37. The molecular weight excluding hydrogens is 341 g/mol. The highest BCUT2D eigenvalue weighted by Gasteiger charge is 2.35. The molecule has 7 nitrogen and oxygen atoms in total. The minimum absolute atomic E-state index is 0.132. The van der Waals surface area contributed by atoms with Crippen molar-refractivity contribution in [3.8, 4) is 22.9 Å². The molecule has 0 unspecified atom stereocenters. The van der Waals surface area contributed by atoms with Gasteiger partial charge in [0.15, 0.2) is 0 Å². The molecular formula is C15H9F3N4O3. The Labute approximate surface area is 138 Å².